The van der Waals surface area contributed by atoms with E-state index in [1.54, 1.807) is 0 Å². The molecule has 132 valence electrons. The third-order valence-electron chi connectivity index (χ3n) is 4.37. The van der Waals surface area contributed by atoms with Crippen molar-refractivity contribution >= 4 is 21.4 Å². The van der Waals surface area contributed by atoms with E-state index < -0.39 is 14.9 Å². The predicted molar refractivity (Wildman–Crippen MR) is 95.1 cm³/mol. The lowest BCUT2D eigenvalue weighted by atomic mass is 10.2. The maximum atomic E-state index is 12.9. The number of para-hydroxylation sites is 1. The molecule has 0 radical (unpaired) electrons. The molecule has 1 aliphatic heterocycles. The first-order valence-electron chi connectivity index (χ1n) is 7.95. The summed E-state index contributed by atoms with van der Waals surface area (Å²) >= 11 is 0. The molecule has 2 aromatic carbocycles. The predicted octanol–water partition coefficient (Wildman–Crippen LogP) is 2.78. The van der Waals surface area contributed by atoms with Crippen LogP contribution in [0.4, 0.5) is 11.4 Å². The maximum absolute atomic E-state index is 12.9. The molecule has 1 aliphatic rings. The van der Waals surface area contributed by atoms with Crippen molar-refractivity contribution < 1.29 is 13.3 Å². The van der Waals surface area contributed by atoms with Crippen molar-refractivity contribution in [2.75, 3.05) is 18.4 Å². The zero-order chi connectivity index (χ0) is 18.0. The van der Waals surface area contributed by atoms with Crippen LogP contribution in [-0.4, -0.2) is 36.8 Å². The maximum Gasteiger partial charge on any atom is 0.273 e. The van der Waals surface area contributed by atoms with Crippen molar-refractivity contribution in [2.24, 2.45) is 0 Å². The molecule has 1 atom stereocenters. The highest BCUT2D eigenvalue weighted by Gasteiger charge is 2.34. The molecular weight excluding hydrogens is 342 g/mol. The fourth-order valence-corrected chi connectivity index (χ4v) is 4.80. The molecule has 0 aliphatic carbocycles. The van der Waals surface area contributed by atoms with E-state index >= 15 is 0 Å². The first kappa shape index (κ1) is 17.4. The van der Waals surface area contributed by atoms with Gasteiger partial charge < -0.3 is 5.32 Å². The molecule has 7 nitrogen and oxygen atoms in total. The highest BCUT2D eigenvalue weighted by Crippen LogP contribution is 2.29. The molecule has 0 bridgehead atoms. The Hall–Kier alpha value is -2.45. The van der Waals surface area contributed by atoms with Gasteiger partial charge in [-0.3, -0.25) is 10.1 Å². The number of hydrogen-bond donors (Lipinski definition) is 1. The number of nitrogens with one attached hydrogen (secondary N) is 1. The summed E-state index contributed by atoms with van der Waals surface area (Å²) in [5, 5.41) is 14.4. The average molecular weight is 361 g/mol. The molecule has 0 saturated carbocycles. The summed E-state index contributed by atoms with van der Waals surface area (Å²) < 4.78 is 27.2. The number of sulfonamides is 1. The topological polar surface area (TPSA) is 92.5 Å². The lowest BCUT2D eigenvalue weighted by molar-refractivity contribution is -0.385. The molecule has 1 unspecified atom stereocenters. The third kappa shape index (κ3) is 3.49. The van der Waals surface area contributed by atoms with Gasteiger partial charge in [-0.2, -0.15) is 4.31 Å². The van der Waals surface area contributed by atoms with Gasteiger partial charge in [-0.15, -0.1) is 0 Å². The summed E-state index contributed by atoms with van der Waals surface area (Å²) in [5.74, 6) is 0. The largest absolute Gasteiger partial charge is 0.381 e. The number of hydrogen-bond acceptors (Lipinski definition) is 5. The van der Waals surface area contributed by atoms with Gasteiger partial charge >= 0.3 is 0 Å². The summed E-state index contributed by atoms with van der Waals surface area (Å²) in [6.07, 6.45) is 0.683. The SMILES string of the molecule is Cc1c([N+](=O)[O-])cccc1S(=O)(=O)N1CCC(Nc2ccccc2)C1. The molecule has 0 spiro atoms. The van der Waals surface area contributed by atoms with Gasteiger partial charge in [-0.25, -0.2) is 8.42 Å². The summed E-state index contributed by atoms with van der Waals surface area (Å²) in [5.41, 5.74) is 0.935. The lowest BCUT2D eigenvalue weighted by Gasteiger charge is -2.18. The van der Waals surface area contributed by atoms with Crippen molar-refractivity contribution in [3.63, 3.8) is 0 Å². The second-order valence-electron chi connectivity index (χ2n) is 6.02. The van der Waals surface area contributed by atoms with E-state index in [-0.39, 0.29) is 22.2 Å². The van der Waals surface area contributed by atoms with Crippen molar-refractivity contribution in [1.29, 1.82) is 0 Å². The Morgan fingerprint density at radius 1 is 1.16 bits per heavy atom. The standard InChI is InChI=1S/C17H19N3O4S/c1-13-16(20(21)22)8-5-9-17(13)25(23,24)19-11-10-15(12-19)18-14-6-3-2-4-7-14/h2-9,15,18H,10-12H2,1H3. The van der Waals surface area contributed by atoms with E-state index in [4.69, 9.17) is 0 Å². The van der Waals surface area contributed by atoms with Gasteiger partial charge in [0.2, 0.25) is 10.0 Å². The van der Waals surface area contributed by atoms with Crippen LogP contribution in [0.5, 0.6) is 0 Å². The molecular formula is C17H19N3O4S. The van der Waals surface area contributed by atoms with E-state index in [0.717, 1.165) is 5.69 Å². The molecule has 25 heavy (non-hydrogen) atoms. The van der Waals surface area contributed by atoms with Gasteiger partial charge in [0, 0.05) is 36.4 Å². The molecule has 0 aromatic heterocycles. The molecule has 3 rings (SSSR count). The highest BCUT2D eigenvalue weighted by molar-refractivity contribution is 7.89. The van der Waals surface area contributed by atoms with E-state index in [0.29, 0.717) is 19.5 Å². The fraction of sp³-hybridized carbons (Fsp3) is 0.294. The van der Waals surface area contributed by atoms with Crippen LogP contribution in [0, 0.1) is 17.0 Å². The third-order valence-corrected chi connectivity index (χ3v) is 6.38. The van der Waals surface area contributed by atoms with E-state index in [9.17, 15) is 18.5 Å². The quantitative estimate of drug-likeness (QED) is 0.653. The minimum atomic E-state index is -3.76. The molecule has 1 N–H and O–H groups in total. The number of anilines is 1. The molecule has 1 saturated heterocycles. The highest BCUT2D eigenvalue weighted by atomic mass is 32.2. The van der Waals surface area contributed by atoms with Gasteiger partial charge in [0.15, 0.2) is 0 Å². The van der Waals surface area contributed by atoms with Gasteiger partial charge in [0.25, 0.3) is 5.69 Å². The molecule has 8 heteroatoms. The van der Waals surface area contributed by atoms with Gasteiger partial charge in [-0.1, -0.05) is 24.3 Å². The minimum Gasteiger partial charge on any atom is -0.381 e. The Balaban J connectivity index is 1.80. The van der Waals surface area contributed by atoms with Crippen molar-refractivity contribution in [2.45, 2.75) is 24.3 Å². The van der Waals surface area contributed by atoms with Crippen LogP contribution in [0.2, 0.25) is 0 Å². The Morgan fingerprint density at radius 2 is 1.88 bits per heavy atom. The van der Waals surface area contributed by atoms with E-state index in [1.165, 1.54) is 29.4 Å². The molecule has 1 heterocycles. The number of rotatable bonds is 5. The smallest absolute Gasteiger partial charge is 0.273 e. The van der Waals surface area contributed by atoms with Gasteiger partial charge in [0.05, 0.1) is 9.82 Å². The Bertz CT molecular complexity index is 884. The Kier molecular flexibility index (Phi) is 4.73. The van der Waals surface area contributed by atoms with Crippen molar-refractivity contribution in [3.05, 3.63) is 64.2 Å². The van der Waals surface area contributed by atoms with Crippen LogP contribution in [-0.2, 0) is 10.0 Å². The minimum absolute atomic E-state index is 0.00191. The zero-order valence-corrected chi connectivity index (χ0v) is 14.6. The van der Waals surface area contributed by atoms with E-state index in [1.807, 2.05) is 30.3 Å². The number of nitrogens with zero attached hydrogens (tertiary/aromatic N) is 2. The van der Waals surface area contributed by atoms with Crippen LogP contribution in [0.25, 0.3) is 0 Å². The van der Waals surface area contributed by atoms with Crippen LogP contribution in [0.15, 0.2) is 53.4 Å². The molecule has 1 fully saturated rings. The van der Waals surface area contributed by atoms with E-state index in [2.05, 4.69) is 5.32 Å². The van der Waals surface area contributed by atoms with Crippen LogP contribution in [0.1, 0.15) is 12.0 Å². The van der Waals surface area contributed by atoms with Crippen LogP contribution >= 0.6 is 0 Å². The normalized spacial score (nSPS) is 18.2. The fourth-order valence-electron chi connectivity index (χ4n) is 3.05. The summed E-state index contributed by atoms with van der Waals surface area (Å²) in [7, 11) is -3.76. The number of benzene rings is 2. The van der Waals surface area contributed by atoms with Crippen LogP contribution < -0.4 is 5.32 Å². The number of nitro groups is 1. The van der Waals surface area contributed by atoms with Gasteiger partial charge in [-0.05, 0) is 31.5 Å². The van der Waals surface area contributed by atoms with Crippen molar-refractivity contribution in [3.8, 4) is 0 Å². The Labute approximate surface area is 146 Å². The van der Waals surface area contributed by atoms with Crippen molar-refractivity contribution in [1.82, 2.24) is 4.31 Å². The zero-order valence-electron chi connectivity index (χ0n) is 13.8. The number of nitro benzene ring substituents is 1. The second-order valence-corrected chi connectivity index (χ2v) is 7.92. The Morgan fingerprint density at radius 3 is 2.56 bits per heavy atom. The monoisotopic (exact) mass is 361 g/mol. The first-order chi connectivity index (χ1) is 11.9. The average Bonchev–Trinajstić information content (AvgIpc) is 3.05. The summed E-state index contributed by atoms with van der Waals surface area (Å²) in [6.45, 7) is 2.19. The molecule has 0 amide bonds. The lowest BCUT2D eigenvalue weighted by Crippen LogP contribution is -2.32. The summed E-state index contributed by atoms with van der Waals surface area (Å²) in [4.78, 5) is 10.5. The van der Waals surface area contributed by atoms with Crippen LogP contribution in [0.3, 0.4) is 0 Å². The second kappa shape index (κ2) is 6.81. The summed E-state index contributed by atoms with van der Waals surface area (Å²) in [6, 6.07) is 13.8. The first-order valence-corrected chi connectivity index (χ1v) is 9.39. The van der Waals surface area contributed by atoms with Gasteiger partial charge in [0.1, 0.15) is 0 Å². The molecule has 2 aromatic rings.